The minimum absolute atomic E-state index is 0.303. The van der Waals surface area contributed by atoms with Gasteiger partial charge in [0.1, 0.15) is 5.75 Å². The fourth-order valence-electron chi connectivity index (χ4n) is 3.36. The maximum absolute atomic E-state index is 13.2. The summed E-state index contributed by atoms with van der Waals surface area (Å²) < 4.78 is 35.0. The Labute approximate surface area is 151 Å². The van der Waals surface area contributed by atoms with Crippen molar-refractivity contribution in [3.8, 4) is 5.75 Å². The van der Waals surface area contributed by atoms with Gasteiger partial charge in [0.15, 0.2) is 4.90 Å². The monoisotopic (exact) mass is 379 g/mol. The fraction of sp³-hybridized carbons (Fsp3) is 0.412. The molecule has 2 heterocycles. The molecule has 0 N–H and O–H groups in total. The third-order valence-corrected chi connectivity index (χ3v) is 6.59. The van der Waals surface area contributed by atoms with Gasteiger partial charge < -0.3 is 9.30 Å². The van der Waals surface area contributed by atoms with Crippen molar-refractivity contribution in [2.75, 3.05) is 13.7 Å². The van der Waals surface area contributed by atoms with Crippen molar-refractivity contribution in [2.45, 2.75) is 23.8 Å². The first-order valence-corrected chi connectivity index (χ1v) is 9.64. The summed E-state index contributed by atoms with van der Waals surface area (Å²) in [6, 6.07) is 6.84. The van der Waals surface area contributed by atoms with Gasteiger partial charge in [0.25, 0.3) is 15.6 Å². The lowest BCUT2D eigenvalue weighted by Gasteiger charge is -2.25. The van der Waals surface area contributed by atoms with Crippen molar-refractivity contribution in [1.29, 1.82) is 0 Å². The predicted octanol–water partition coefficient (Wildman–Crippen LogP) is 0.618. The zero-order valence-electron chi connectivity index (χ0n) is 14.9. The van der Waals surface area contributed by atoms with Gasteiger partial charge in [-0.3, -0.25) is 9.36 Å². The SMILES string of the molecule is COc1ccccc1[C@H]1CCCN1S(=O)(=O)c1cn(C)c(=O)n(C)c1=O. The number of methoxy groups -OCH3 is 1. The molecule has 1 aromatic carbocycles. The van der Waals surface area contributed by atoms with E-state index < -0.39 is 32.2 Å². The van der Waals surface area contributed by atoms with E-state index in [0.29, 0.717) is 25.1 Å². The summed E-state index contributed by atoms with van der Waals surface area (Å²) in [5, 5.41) is 0. The third-order valence-electron chi connectivity index (χ3n) is 4.70. The normalized spacial score (nSPS) is 18.2. The van der Waals surface area contributed by atoms with Crippen molar-refractivity contribution in [3.05, 3.63) is 56.9 Å². The second kappa shape index (κ2) is 6.73. The Hall–Kier alpha value is -2.39. The zero-order chi connectivity index (χ0) is 19.1. The van der Waals surface area contributed by atoms with Crippen LogP contribution < -0.4 is 16.0 Å². The summed E-state index contributed by atoms with van der Waals surface area (Å²) in [7, 11) is 0.157. The van der Waals surface area contributed by atoms with Gasteiger partial charge in [-0.1, -0.05) is 18.2 Å². The number of aryl methyl sites for hydroxylation is 1. The van der Waals surface area contributed by atoms with Gasteiger partial charge in [-0.05, 0) is 18.9 Å². The highest BCUT2D eigenvalue weighted by molar-refractivity contribution is 7.89. The summed E-state index contributed by atoms with van der Waals surface area (Å²) in [4.78, 5) is 23.9. The smallest absolute Gasteiger partial charge is 0.330 e. The topological polar surface area (TPSA) is 90.6 Å². The van der Waals surface area contributed by atoms with Gasteiger partial charge in [-0.2, -0.15) is 4.31 Å². The number of para-hydroxylation sites is 1. The van der Waals surface area contributed by atoms with Crippen LogP contribution in [0.1, 0.15) is 24.4 Å². The Morgan fingerprint density at radius 3 is 2.54 bits per heavy atom. The molecule has 1 aliphatic rings. The predicted molar refractivity (Wildman–Crippen MR) is 95.8 cm³/mol. The van der Waals surface area contributed by atoms with E-state index in [2.05, 4.69) is 0 Å². The van der Waals surface area contributed by atoms with E-state index in [1.807, 2.05) is 18.2 Å². The molecule has 0 saturated carbocycles. The molecule has 0 amide bonds. The van der Waals surface area contributed by atoms with Crippen LogP contribution in [0.2, 0.25) is 0 Å². The summed E-state index contributed by atoms with van der Waals surface area (Å²) in [6.07, 6.45) is 2.40. The molecule has 1 fully saturated rings. The van der Waals surface area contributed by atoms with Crippen LogP contribution in [-0.2, 0) is 24.1 Å². The lowest BCUT2D eigenvalue weighted by Crippen LogP contribution is -2.42. The summed E-state index contributed by atoms with van der Waals surface area (Å²) in [5.41, 5.74) is -0.631. The molecule has 3 rings (SSSR count). The van der Waals surface area contributed by atoms with Crippen molar-refractivity contribution >= 4 is 10.0 Å². The average Bonchev–Trinajstić information content (AvgIpc) is 3.13. The number of hydrogen-bond acceptors (Lipinski definition) is 5. The van der Waals surface area contributed by atoms with Gasteiger partial charge >= 0.3 is 5.69 Å². The molecule has 1 saturated heterocycles. The molecule has 0 unspecified atom stereocenters. The molecule has 0 bridgehead atoms. The van der Waals surface area contributed by atoms with Crippen molar-refractivity contribution in [3.63, 3.8) is 0 Å². The van der Waals surface area contributed by atoms with Gasteiger partial charge in [-0.15, -0.1) is 0 Å². The second-order valence-electron chi connectivity index (χ2n) is 6.27. The van der Waals surface area contributed by atoms with Gasteiger partial charge in [0.2, 0.25) is 0 Å². The van der Waals surface area contributed by atoms with Crippen LogP contribution in [0.25, 0.3) is 0 Å². The van der Waals surface area contributed by atoms with E-state index in [0.717, 1.165) is 20.9 Å². The van der Waals surface area contributed by atoms with Crippen LogP contribution in [0.4, 0.5) is 0 Å². The van der Waals surface area contributed by atoms with Crippen LogP contribution >= 0.6 is 0 Å². The van der Waals surface area contributed by atoms with Crippen LogP contribution in [0.15, 0.2) is 44.9 Å². The molecule has 1 aromatic heterocycles. The molecular formula is C17H21N3O5S. The third kappa shape index (κ3) is 2.86. The van der Waals surface area contributed by atoms with Crippen LogP contribution in [0.5, 0.6) is 5.75 Å². The van der Waals surface area contributed by atoms with E-state index in [1.165, 1.54) is 25.5 Å². The lowest BCUT2D eigenvalue weighted by molar-refractivity contribution is 0.366. The molecule has 1 atom stereocenters. The first-order chi connectivity index (χ1) is 12.3. The van der Waals surface area contributed by atoms with E-state index >= 15 is 0 Å². The Morgan fingerprint density at radius 1 is 1.15 bits per heavy atom. The molecule has 9 heteroatoms. The number of sulfonamides is 1. The highest BCUT2D eigenvalue weighted by atomic mass is 32.2. The minimum atomic E-state index is -4.07. The quantitative estimate of drug-likeness (QED) is 0.777. The number of benzene rings is 1. The average molecular weight is 379 g/mol. The van der Waals surface area contributed by atoms with E-state index in [4.69, 9.17) is 4.74 Å². The summed E-state index contributed by atoms with van der Waals surface area (Å²) >= 11 is 0. The molecule has 2 aromatic rings. The molecule has 8 nitrogen and oxygen atoms in total. The highest BCUT2D eigenvalue weighted by Gasteiger charge is 2.39. The van der Waals surface area contributed by atoms with Crippen LogP contribution in [-0.4, -0.2) is 35.5 Å². The minimum Gasteiger partial charge on any atom is -0.496 e. The number of aromatic nitrogens is 2. The van der Waals surface area contributed by atoms with Gasteiger partial charge in [-0.25, -0.2) is 13.2 Å². The van der Waals surface area contributed by atoms with E-state index in [9.17, 15) is 18.0 Å². The second-order valence-corrected chi connectivity index (χ2v) is 8.13. The maximum atomic E-state index is 13.2. The number of rotatable bonds is 4. The molecule has 1 aliphatic heterocycles. The molecule has 0 aliphatic carbocycles. The largest absolute Gasteiger partial charge is 0.496 e. The van der Waals surface area contributed by atoms with Crippen LogP contribution in [0, 0.1) is 0 Å². The Bertz CT molecular complexity index is 1050. The summed E-state index contributed by atoms with van der Waals surface area (Å²) in [5.74, 6) is 0.605. The molecule has 140 valence electrons. The Kier molecular flexibility index (Phi) is 4.76. The standard InChI is InChI=1S/C17H21N3O5S/c1-18-11-15(16(21)19(2)17(18)22)26(23,24)20-10-6-8-13(20)12-7-4-5-9-14(12)25-3/h4-5,7,9,11,13H,6,8,10H2,1-3H3/t13-/m1/s1. The van der Waals surface area contributed by atoms with Crippen molar-refractivity contribution in [1.82, 2.24) is 13.4 Å². The van der Waals surface area contributed by atoms with Crippen molar-refractivity contribution in [2.24, 2.45) is 14.1 Å². The van der Waals surface area contributed by atoms with Gasteiger partial charge in [0.05, 0.1) is 13.2 Å². The number of nitrogens with zero attached hydrogens (tertiary/aromatic N) is 3. The molecular weight excluding hydrogens is 358 g/mol. The maximum Gasteiger partial charge on any atom is 0.330 e. The van der Waals surface area contributed by atoms with Crippen molar-refractivity contribution < 1.29 is 13.2 Å². The fourth-order valence-corrected chi connectivity index (χ4v) is 5.18. The zero-order valence-corrected chi connectivity index (χ0v) is 15.7. The van der Waals surface area contributed by atoms with E-state index in [1.54, 1.807) is 6.07 Å². The first kappa shape index (κ1) is 18.4. The molecule has 0 spiro atoms. The summed E-state index contributed by atoms with van der Waals surface area (Å²) in [6.45, 7) is 0.303. The van der Waals surface area contributed by atoms with Gasteiger partial charge in [0, 0.05) is 32.4 Å². The highest BCUT2D eigenvalue weighted by Crippen LogP contribution is 2.39. The first-order valence-electron chi connectivity index (χ1n) is 8.20. The van der Waals surface area contributed by atoms with E-state index in [-0.39, 0.29) is 0 Å². The number of hydrogen-bond donors (Lipinski definition) is 0. The molecule has 26 heavy (non-hydrogen) atoms. The lowest BCUT2D eigenvalue weighted by atomic mass is 10.0. The Balaban J connectivity index is 2.13. The van der Waals surface area contributed by atoms with Crippen LogP contribution in [0.3, 0.4) is 0 Å². The molecule has 0 radical (unpaired) electrons. The number of ether oxygens (including phenoxy) is 1. The Morgan fingerprint density at radius 2 is 1.85 bits per heavy atom.